The van der Waals surface area contributed by atoms with Gasteiger partial charge in [0, 0.05) is 30.5 Å². The largest absolute Gasteiger partial charge is 0.481 e. The van der Waals surface area contributed by atoms with Crippen molar-refractivity contribution in [2.75, 3.05) is 13.1 Å². The van der Waals surface area contributed by atoms with Gasteiger partial charge in [-0.05, 0) is 37.0 Å². The minimum Gasteiger partial charge on any atom is -0.481 e. The normalized spacial score (nSPS) is 18.3. The monoisotopic (exact) mass is 287 g/mol. The maximum Gasteiger partial charge on any atom is 0.303 e. The predicted octanol–water partition coefficient (Wildman–Crippen LogP) is 1.89. The molecule has 0 aliphatic carbocycles. The fourth-order valence-electron chi connectivity index (χ4n) is 2.84. The number of hydrogen-bond acceptors (Lipinski definition) is 3. The van der Waals surface area contributed by atoms with Crippen molar-refractivity contribution in [1.29, 1.82) is 0 Å². The van der Waals surface area contributed by atoms with Gasteiger partial charge in [-0.3, -0.25) is 14.7 Å². The molecule has 6 heteroatoms. The number of nitrogens with zero attached hydrogens (tertiary/aromatic N) is 2. The standard InChI is InChI=1S/C15H17N3O3/c19-14(20)4-1-10-5-6-18(9-10)15(21)11-2-3-13-12(7-11)8-16-17-13/h2-3,7-8,10H,1,4-6,9H2,(H,16,17)(H,19,20). The number of rotatable bonds is 4. The second kappa shape index (κ2) is 5.55. The average molecular weight is 287 g/mol. The number of aliphatic carboxylic acids is 1. The quantitative estimate of drug-likeness (QED) is 0.899. The topological polar surface area (TPSA) is 86.3 Å². The van der Waals surface area contributed by atoms with Gasteiger partial charge < -0.3 is 10.0 Å². The van der Waals surface area contributed by atoms with Crippen LogP contribution < -0.4 is 0 Å². The summed E-state index contributed by atoms with van der Waals surface area (Å²) in [6.45, 7) is 1.35. The molecule has 1 fully saturated rings. The molecule has 1 aromatic carbocycles. The Morgan fingerprint density at radius 3 is 3.10 bits per heavy atom. The molecule has 0 radical (unpaired) electrons. The lowest BCUT2D eigenvalue weighted by Gasteiger charge is -2.16. The second-order valence-electron chi connectivity index (χ2n) is 5.51. The number of H-pyrrole nitrogens is 1. The van der Waals surface area contributed by atoms with Gasteiger partial charge in [-0.2, -0.15) is 5.10 Å². The summed E-state index contributed by atoms with van der Waals surface area (Å²) in [6, 6.07) is 5.49. The van der Waals surface area contributed by atoms with Gasteiger partial charge in [0.15, 0.2) is 0 Å². The Morgan fingerprint density at radius 2 is 2.29 bits per heavy atom. The third kappa shape index (κ3) is 2.89. The zero-order valence-electron chi connectivity index (χ0n) is 11.6. The van der Waals surface area contributed by atoms with E-state index in [9.17, 15) is 9.59 Å². The highest BCUT2D eigenvalue weighted by Crippen LogP contribution is 2.23. The molecule has 1 aliphatic heterocycles. The molecule has 2 aromatic rings. The van der Waals surface area contributed by atoms with Crippen LogP contribution >= 0.6 is 0 Å². The highest BCUT2D eigenvalue weighted by Gasteiger charge is 2.27. The molecule has 1 saturated heterocycles. The van der Waals surface area contributed by atoms with Gasteiger partial charge >= 0.3 is 5.97 Å². The average Bonchev–Trinajstić information content (AvgIpc) is 3.12. The van der Waals surface area contributed by atoms with E-state index in [0.717, 1.165) is 17.3 Å². The number of hydrogen-bond donors (Lipinski definition) is 2. The van der Waals surface area contributed by atoms with Crippen LogP contribution in [0.3, 0.4) is 0 Å². The summed E-state index contributed by atoms with van der Waals surface area (Å²) in [4.78, 5) is 24.9. The van der Waals surface area contributed by atoms with Crippen molar-refractivity contribution >= 4 is 22.8 Å². The van der Waals surface area contributed by atoms with Gasteiger partial charge in [0.25, 0.3) is 5.91 Å². The molecule has 2 heterocycles. The van der Waals surface area contributed by atoms with Crippen LogP contribution in [0.5, 0.6) is 0 Å². The molecule has 1 amide bonds. The van der Waals surface area contributed by atoms with Crippen LogP contribution in [0.25, 0.3) is 10.9 Å². The summed E-state index contributed by atoms with van der Waals surface area (Å²) < 4.78 is 0. The maximum absolute atomic E-state index is 12.5. The Bertz CT molecular complexity index is 680. The van der Waals surface area contributed by atoms with E-state index in [1.165, 1.54) is 0 Å². The third-order valence-electron chi connectivity index (χ3n) is 4.03. The fourth-order valence-corrected chi connectivity index (χ4v) is 2.84. The van der Waals surface area contributed by atoms with Crippen LogP contribution in [0.1, 0.15) is 29.6 Å². The molecule has 0 saturated carbocycles. The van der Waals surface area contributed by atoms with Crippen LogP contribution in [0.15, 0.2) is 24.4 Å². The lowest BCUT2D eigenvalue weighted by molar-refractivity contribution is -0.137. The van der Waals surface area contributed by atoms with Crippen LogP contribution in [0, 0.1) is 5.92 Å². The summed E-state index contributed by atoms with van der Waals surface area (Å²) >= 11 is 0. The van der Waals surface area contributed by atoms with Crippen LogP contribution in [-0.4, -0.2) is 45.2 Å². The van der Waals surface area contributed by atoms with E-state index in [0.29, 0.717) is 31.0 Å². The first-order valence-electron chi connectivity index (χ1n) is 7.07. The minimum absolute atomic E-state index is 0.0101. The molecule has 21 heavy (non-hydrogen) atoms. The first-order valence-corrected chi connectivity index (χ1v) is 7.07. The Kier molecular flexibility index (Phi) is 3.60. The first kappa shape index (κ1) is 13.6. The van der Waals surface area contributed by atoms with Gasteiger partial charge in [-0.25, -0.2) is 0 Å². The predicted molar refractivity (Wildman–Crippen MR) is 77.0 cm³/mol. The Hall–Kier alpha value is -2.37. The molecule has 2 N–H and O–H groups in total. The number of carboxylic acids is 1. The molecule has 1 atom stereocenters. The van der Waals surface area contributed by atoms with Gasteiger partial charge in [0.05, 0.1) is 11.7 Å². The number of benzene rings is 1. The van der Waals surface area contributed by atoms with E-state index < -0.39 is 5.97 Å². The van der Waals surface area contributed by atoms with Gasteiger partial charge in [0.1, 0.15) is 0 Å². The molecule has 1 aliphatic rings. The number of carbonyl (C=O) groups excluding carboxylic acids is 1. The highest BCUT2D eigenvalue weighted by molar-refractivity contribution is 5.98. The van der Waals surface area contributed by atoms with E-state index in [1.54, 1.807) is 12.3 Å². The molecule has 0 spiro atoms. The van der Waals surface area contributed by atoms with Crippen molar-refractivity contribution in [1.82, 2.24) is 15.1 Å². The number of amides is 1. The SMILES string of the molecule is O=C(O)CCC1CCN(C(=O)c2ccc3[nH]ncc3c2)C1. The van der Waals surface area contributed by atoms with E-state index in [-0.39, 0.29) is 12.3 Å². The van der Waals surface area contributed by atoms with Crippen LogP contribution in [0.4, 0.5) is 0 Å². The number of aromatic amines is 1. The Balaban J connectivity index is 1.66. The van der Waals surface area contributed by atoms with Gasteiger partial charge in [-0.1, -0.05) is 0 Å². The molecular weight excluding hydrogens is 270 g/mol. The van der Waals surface area contributed by atoms with Crippen LogP contribution in [0.2, 0.25) is 0 Å². The van der Waals surface area contributed by atoms with E-state index in [4.69, 9.17) is 5.11 Å². The fraction of sp³-hybridized carbons (Fsp3) is 0.400. The molecule has 0 bridgehead atoms. The summed E-state index contributed by atoms with van der Waals surface area (Å²) in [7, 11) is 0. The lowest BCUT2D eigenvalue weighted by Crippen LogP contribution is -2.28. The molecule has 110 valence electrons. The maximum atomic E-state index is 12.5. The smallest absolute Gasteiger partial charge is 0.303 e. The Morgan fingerprint density at radius 1 is 1.43 bits per heavy atom. The van der Waals surface area contributed by atoms with Crippen molar-refractivity contribution in [2.45, 2.75) is 19.3 Å². The molecular formula is C15H17N3O3. The number of nitrogens with one attached hydrogen (secondary N) is 1. The number of fused-ring (bicyclic) bond motifs is 1. The van der Waals surface area contributed by atoms with E-state index >= 15 is 0 Å². The number of likely N-dealkylation sites (tertiary alicyclic amines) is 1. The van der Waals surface area contributed by atoms with Crippen LogP contribution in [-0.2, 0) is 4.79 Å². The molecule has 1 aromatic heterocycles. The molecule has 6 nitrogen and oxygen atoms in total. The van der Waals surface area contributed by atoms with Gasteiger partial charge in [0.2, 0.25) is 0 Å². The summed E-state index contributed by atoms with van der Waals surface area (Å²) in [5, 5.41) is 16.4. The Labute approximate surface area is 121 Å². The third-order valence-corrected chi connectivity index (χ3v) is 4.03. The number of carboxylic acid groups (broad SMARTS) is 1. The van der Waals surface area contributed by atoms with Crippen molar-refractivity contribution in [2.24, 2.45) is 5.92 Å². The van der Waals surface area contributed by atoms with Crippen molar-refractivity contribution < 1.29 is 14.7 Å². The van der Waals surface area contributed by atoms with Crippen molar-refractivity contribution in [3.05, 3.63) is 30.0 Å². The summed E-state index contributed by atoms with van der Waals surface area (Å²) in [6.07, 6.45) is 3.40. The zero-order valence-corrected chi connectivity index (χ0v) is 11.6. The molecule has 3 rings (SSSR count). The minimum atomic E-state index is -0.773. The number of aromatic nitrogens is 2. The highest BCUT2D eigenvalue weighted by atomic mass is 16.4. The molecule has 1 unspecified atom stereocenters. The lowest BCUT2D eigenvalue weighted by atomic mass is 10.0. The first-order chi connectivity index (χ1) is 10.1. The number of carbonyl (C=O) groups is 2. The summed E-state index contributed by atoms with van der Waals surface area (Å²) in [5.41, 5.74) is 1.56. The van der Waals surface area contributed by atoms with Crippen molar-refractivity contribution in [3.63, 3.8) is 0 Å². The van der Waals surface area contributed by atoms with E-state index in [1.807, 2.05) is 17.0 Å². The summed E-state index contributed by atoms with van der Waals surface area (Å²) in [5.74, 6) is -0.469. The van der Waals surface area contributed by atoms with E-state index in [2.05, 4.69) is 10.2 Å². The van der Waals surface area contributed by atoms with Crippen molar-refractivity contribution in [3.8, 4) is 0 Å². The van der Waals surface area contributed by atoms with Gasteiger partial charge in [-0.15, -0.1) is 0 Å². The zero-order chi connectivity index (χ0) is 14.8. The second-order valence-corrected chi connectivity index (χ2v) is 5.51.